The number of anilines is 1. The molecule has 0 aliphatic rings. The van der Waals surface area contributed by atoms with Gasteiger partial charge in [-0.3, -0.25) is 0 Å². The standard InChI is InChI=1S/C14H11NO6/c15-11-6-8(2-4-12(11)16)21-7-1-3-9(13(17)18)10(5-7)14(19)20/h1-6,16H,15H2,(H,17,18)(H,19,20). The van der Waals surface area contributed by atoms with E-state index in [1.54, 1.807) is 0 Å². The number of nitrogens with two attached hydrogens (primary N) is 1. The molecular formula is C14H11NO6. The number of carboxylic acids is 2. The van der Waals surface area contributed by atoms with Gasteiger partial charge in [0, 0.05) is 6.07 Å². The molecule has 0 aliphatic heterocycles. The molecule has 0 saturated heterocycles. The first-order valence-corrected chi connectivity index (χ1v) is 5.75. The second-order valence-electron chi connectivity index (χ2n) is 4.14. The van der Waals surface area contributed by atoms with Crippen LogP contribution in [0.5, 0.6) is 17.2 Å². The van der Waals surface area contributed by atoms with E-state index in [0.29, 0.717) is 0 Å². The fourth-order valence-corrected chi connectivity index (χ4v) is 1.68. The molecule has 0 aromatic heterocycles. The van der Waals surface area contributed by atoms with Gasteiger partial charge in [-0.15, -0.1) is 0 Å². The predicted molar refractivity (Wildman–Crippen MR) is 73.0 cm³/mol. The van der Waals surface area contributed by atoms with Gasteiger partial charge in [0.05, 0.1) is 16.8 Å². The maximum absolute atomic E-state index is 11.1. The summed E-state index contributed by atoms with van der Waals surface area (Å²) >= 11 is 0. The van der Waals surface area contributed by atoms with E-state index in [9.17, 15) is 14.7 Å². The van der Waals surface area contributed by atoms with Crippen LogP contribution in [0.1, 0.15) is 20.7 Å². The number of phenols is 1. The Balaban J connectivity index is 2.36. The van der Waals surface area contributed by atoms with Crippen molar-refractivity contribution in [2.75, 3.05) is 5.73 Å². The quantitative estimate of drug-likeness (QED) is 0.501. The fourth-order valence-electron chi connectivity index (χ4n) is 1.68. The molecule has 0 spiro atoms. The molecule has 0 aliphatic carbocycles. The summed E-state index contributed by atoms with van der Waals surface area (Å²) in [4.78, 5) is 22.0. The number of ether oxygens (including phenoxy) is 1. The third-order valence-corrected chi connectivity index (χ3v) is 2.69. The molecule has 0 saturated carbocycles. The van der Waals surface area contributed by atoms with Crippen LogP contribution in [-0.4, -0.2) is 27.3 Å². The highest BCUT2D eigenvalue weighted by molar-refractivity contribution is 6.02. The number of phenolic OH excluding ortho intramolecular Hbond substituents is 1. The lowest BCUT2D eigenvalue weighted by Gasteiger charge is -2.09. The zero-order valence-corrected chi connectivity index (χ0v) is 10.6. The van der Waals surface area contributed by atoms with Crippen LogP contribution < -0.4 is 10.5 Å². The molecule has 0 heterocycles. The maximum Gasteiger partial charge on any atom is 0.336 e. The van der Waals surface area contributed by atoms with Crippen molar-refractivity contribution in [3.05, 3.63) is 47.5 Å². The molecular weight excluding hydrogens is 278 g/mol. The lowest BCUT2D eigenvalue weighted by molar-refractivity contribution is 0.0651. The Hall–Kier alpha value is -3.22. The van der Waals surface area contributed by atoms with E-state index >= 15 is 0 Å². The van der Waals surface area contributed by atoms with E-state index in [0.717, 1.165) is 12.1 Å². The second kappa shape index (κ2) is 5.41. The Morgan fingerprint density at radius 1 is 0.905 bits per heavy atom. The zero-order chi connectivity index (χ0) is 15.6. The number of nitrogen functional groups attached to an aromatic ring is 1. The number of aromatic carboxylic acids is 2. The topological polar surface area (TPSA) is 130 Å². The second-order valence-corrected chi connectivity index (χ2v) is 4.14. The summed E-state index contributed by atoms with van der Waals surface area (Å²) in [6.45, 7) is 0. The molecule has 21 heavy (non-hydrogen) atoms. The number of hydrogen-bond acceptors (Lipinski definition) is 5. The number of hydrogen-bond donors (Lipinski definition) is 4. The van der Waals surface area contributed by atoms with Crippen molar-refractivity contribution in [3.8, 4) is 17.2 Å². The van der Waals surface area contributed by atoms with Crippen LogP contribution in [0.3, 0.4) is 0 Å². The first-order valence-electron chi connectivity index (χ1n) is 5.75. The number of carbonyl (C=O) groups is 2. The van der Waals surface area contributed by atoms with Crippen molar-refractivity contribution in [2.45, 2.75) is 0 Å². The van der Waals surface area contributed by atoms with E-state index in [1.807, 2.05) is 0 Å². The van der Waals surface area contributed by atoms with E-state index in [1.165, 1.54) is 24.3 Å². The summed E-state index contributed by atoms with van der Waals surface area (Å²) in [5.41, 5.74) is 4.90. The smallest absolute Gasteiger partial charge is 0.336 e. The molecule has 2 aromatic carbocycles. The zero-order valence-electron chi connectivity index (χ0n) is 10.6. The monoisotopic (exact) mass is 289 g/mol. The molecule has 7 nitrogen and oxygen atoms in total. The van der Waals surface area contributed by atoms with Crippen LogP contribution in [-0.2, 0) is 0 Å². The highest BCUT2D eigenvalue weighted by atomic mass is 16.5. The van der Waals surface area contributed by atoms with Crippen LogP contribution in [0.15, 0.2) is 36.4 Å². The van der Waals surface area contributed by atoms with E-state index in [4.69, 9.17) is 20.7 Å². The summed E-state index contributed by atoms with van der Waals surface area (Å²) in [6.07, 6.45) is 0. The summed E-state index contributed by atoms with van der Waals surface area (Å²) in [6, 6.07) is 7.71. The van der Waals surface area contributed by atoms with Gasteiger partial charge in [0.1, 0.15) is 17.2 Å². The third kappa shape index (κ3) is 3.03. The number of aromatic hydroxyl groups is 1. The van der Waals surface area contributed by atoms with Gasteiger partial charge in [0.2, 0.25) is 0 Å². The summed E-state index contributed by atoms with van der Waals surface area (Å²) < 4.78 is 5.39. The maximum atomic E-state index is 11.1. The van der Waals surface area contributed by atoms with E-state index < -0.39 is 11.9 Å². The third-order valence-electron chi connectivity index (χ3n) is 2.69. The molecule has 7 heteroatoms. The predicted octanol–water partition coefficient (Wildman–Crippen LogP) is 2.16. The highest BCUT2D eigenvalue weighted by Crippen LogP contribution is 2.29. The van der Waals surface area contributed by atoms with Crippen molar-refractivity contribution < 1.29 is 29.6 Å². The lowest BCUT2D eigenvalue weighted by atomic mass is 10.1. The van der Waals surface area contributed by atoms with Crippen molar-refractivity contribution >= 4 is 17.6 Å². The minimum Gasteiger partial charge on any atom is -0.506 e. The van der Waals surface area contributed by atoms with Crippen LogP contribution in [0.2, 0.25) is 0 Å². The summed E-state index contributed by atoms with van der Waals surface area (Å²) in [5.74, 6) is -2.39. The molecule has 2 rings (SSSR count). The minimum absolute atomic E-state index is 0.102. The van der Waals surface area contributed by atoms with E-state index in [2.05, 4.69) is 0 Å². The van der Waals surface area contributed by atoms with Crippen molar-refractivity contribution in [2.24, 2.45) is 0 Å². The molecule has 2 aromatic rings. The van der Waals surface area contributed by atoms with Gasteiger partial charge >= 0.3 is 11.9 Å². The molecule has 0 radical (unpaired) electrons. The Kier molecular flexibility index (Phi) is 3.66. The van der Waals surface area contributed by atoms with Gasteiger partial charge in [-0.2, -0.15) is 0 Å². The molecule has 0 atom stereocenters. The molecule has 5 N–H and O–H groups in total. The molecule has 0 fully saturated rings. The van der Waals surface area contributed by atoms with Gasteiger partial charge in [-0.1, -0.05) is 0 Å². The van der Waals surface area contributed by atoms with Gasteiger partial charge in [0.25, 0.3) is 0 Å². The van der Waals surface area contributed by atoms with Gasteiger partial charge in [0.15, 0.2) is 0 Å². The lowest BCUT2D eigenvalue weighted by Crippen LogP contribution is -2.07. The Labute approximate surface area is 118 Å². The van der Waals surface area contributed by atoms with Crippen LogP contribution in [0.4, 0.5) is 5.69 Å². The minimum atomic E-state index is -1.37. The van der Waals surface area contributed by atoms with Gasteiger partial charge < -0.3 is 25.8 Å². The summed E-state index contributed by atoms with van der Waals surface area (Å²) in [7, 11) is 0. The first kappa shape index (κ1) is 14.2. The number of rotatable bonds is 4. The van der Waals surface area contributed by atoms with Crippen molar-refractivity contribution in [3.63, 3.8) is 0 Å². The van der Waals surface area contributed by atoms with Gasteiger partial charge in [-0.25, -0.2) is 9.59 Å². The highest BCUT2D eigenvalue weighted by Gasteiger charge is 2.17. The number of carboxylic acid groups (broad SMARTS) is 2. The first-order chi connectivity index (χ1) is 9.88. The fraction of sp³-hybridized carbons (Fsp3) is 0. The molecule has 0 bridgehead atoms. The SMILES string of the molecule is Nc1cc(Oc2ccc(C(=O)O)c(C(=O)O)c2)ccc1O. The van der Waals surface area contributed by atoms with Crippen LogP contribution in [0, 0.1) is 0 Å². The molecule has 0 unspecified atom stereocenters. The van der Waals surface area contributed by atoms with E-state index in [-0.39, 0.29) is 34.1 Å². The average Bonchev–Trinajstić information content (AvgIpc) is 2.42. The Morgan fingerprint density at radius 2 is 1.48 bits per heavy atom. The van der Waals surface area contributed by atoms with Crippen LogP contribution >= 0.6 is 0 Å². The Morgan fingerprint density at radius 3 is 2.05 bits per heavy atom. The average molecular weight is 289 g/mol. The van der Waals surface area contributed by atoms with Crippen LogP contribution in [0.25, 0.3) is 0 Å². The normalized spacial score (nSPS) is 10.1. The Bertz CT molecular complexity index is 725. The number of benzene rings is 2. The van der Waals surface area contributed by atoms with Crippen molar-refractivity contribution in [1.29, 1.82) is 0 Å². The summed E-state index contributed by atoms with van der Waals surface area (Å²) in [5, 5.41) is 27.2. The van der Waals surface area contributed by atoms with Gasteiger partial charge in [-0.05, 0) is 30.3 Å². The molecule has 0 amide bonds. The largest absolute Gasteiger partial charge is 0.506 e. The van der Waals surface area contributed by atoms with Crippen molar-refractivity contribution in [1.82, 2.24) is 0 Å². The molecule has 108 valence electrons.